The molecule has 0 atom stereocenters. The first-order valence-corrected chi connectivity index (χ1v) is 25.1. The van der Waals surface area contributed by atoms with Crippen molar-refractivity contribution in [2.45, 2.75) is 26.9 Å². The van der Waals surface area contributed by atoms with Crippen LogP contribution in [0.15, 0.2) is 95.8 Å². The van der Waals surface area contributed by atoms with Crippen LogP contribution in [0.3, 0.4) is 0 Å². The van der Waals surface area contributed by atoms with E-state index in [4.69, 9.17) is 10.3 Å². The Balaban J connectivity index is 1.75. The summed E-state index contributed by atoms with van der Waals surface area (Å²) in [6.07, 6.45) is -0.294. The number of aromatic hydroxyl groups is 1. The summed E-state index contributed by atoms with van der Waals surface area (Å²) < 4.78 is 180. The standard InChI is InChI=1S/C30H33N5O19S6/c1-51-58(44,45)25-17-19-16-20(18-57(41,42)43)28(34-32-21-4-8-23(9-5-21)55(37,38)14-3-12-53-59(46,47)48)30(36)26(19)27(31)29(25)35-33-22-6-10-24(11-7-22)56(39,40)15-13-54-60(49,50)52-2/h4-11,16-17,36H,3,12-15,18,31H2,1-2H3,(H,41,42,43)(H,46,47,48). The minimum absolute atomic E-state index is 0.0452. The van der Waals surface area contributed by atoms with Crippen molar-refractivity contribution in [3.63, 3.8) is 0 Å². The first-order valence-electron chi connectivity index (χ1n) is 16.1. The molecule has 0 aliphatic rings. The summed E-state index contributed by atoms with van der Waals surface area (Å²) in [5.41, 5.74) is 4.08. The summed E-state index contributed by atoms with van der Waals surface area (Å²) in [5.74, 6) is -3.38. The molecule has 0 aliphatic carbocycles. The van der Waals surface area contributed by atoms with Crippen LogP contribution in [0.25, 0.3) is 10.8 Å². The minimum atomic E-state index is -4.85. The van der Waals surface area contributed by atoms with Gasteiger partial charge in [-0.2, -0.15) is 43.9 Å². The van der Waals surface area contributed by atoms with Crippen LogP contribution in [-0.2, 0) is 83.2 Å². The van der Waals surface area contributed by atoms with Crippen molar-refractivity contribution in [3.05, 3.63) is 66.2 Å². The fourth-order valence-corrected chi connectivity index (χ4v) is 9.64. The smallest absolute Gasteiger partial charge is 0.399 e. The van der Waals surface area contributed by atoms with Crippen molar-refractivity contribution < 1.29 is 81.5 Å². The Morgan fingerprint density at radius 2 is 1.15 bits per heavy atom. The molecule has 0 heterocycles. The van der Waals surface area contributed by atoms with Gasteiger partial charge in [0, 0.05) is 5.56 Å². The van der Waals surface area contributed by atoms with E-state index in [1.165, 1.54) is 12.1 Å². The van der Waals surface area contributed by atoms with Gasteiger partial charge in [0.2, 0.25) is 0 Å². The van der Waals surface area contributed by atoms with E-state index in [0.717, 1.165) is 62.8 Å². The zero-order chi connectivity index (χ0) is 44.9. The molecule has 0 fully saturated rings. The molecular weight excluding hydrogens is 927 g/mol. The second kappa shape index (κ2) is 18.6. The van der Waals surface area contributed by atoms with Crippen LogP contribution in [-0.4, -0.2) is 104 Å². The van der Waals surface area contributed by atoms with Crippen LogP contribution in [0.4, 0.5) is 28.4 Å². The van der Waals surface area contributed by atoms with E-state index in [1.54, 1.807) is 0 Å². The quantitative estimate of drug-likeness (QED) is 0.0324. The van der Waals surface area contributed by atoms with E-state index in [1.807, 2.05) is 0 Å². The van der Waals surface area contributed by atoms with Gasteiger partial charge in [-0.15, -0.1) is 10.2 Å². The van der Waals surface area contributed by atoms with Gasteiger partial charge in [0.25, 0.3) is 20.2 Å². The van der Waals surface area contributed by atoms with Gasteiger partial charge in [0.1, 0.15) is 22.0 Å². The van der Waals surface area contributed by atoms with Gasteiger partial charge in [-0.05, 0) is 72.5 Å². The van der Waals surface area contributed by atoms with E-state index >= 15 is 0 Å². The lowest BCUT2D eigenvalue weighted by molar-refractivity contribution is 0.255. The molecular formula is C30H33N5O19S6. The molecule has 24 nitrogen and oxygen atoms in total. The fraction of sp³-hybridized carbons (Fsp3) is 0.267. The van der Waals surface area contributed by atoms with Crippen molar-refractivity contribution in [2.75, 3.05) is 44.7 Å². The average Bonchev–Trinajstić information content (AvgIpc) is 3.15. The lowest BCUT2D eigenvalue weighted by Gasteiger charge is -2.15. The number of phenolic OH excluding ortho intramolecular Hbond substituents is 1. The van der Waals surface area contributed by atoms with Crippen molar-refractivity contribution in [1.82, 2.24) is 0 Å². The molecule has 0 aliphatic heterocycles. The largest absolute Gasteiger partial charge is 0.505 e. The highest BCUT2D eigenvalue weighted by Crippen LogP contribution is 2.48. The summed E-state index contributed by atoms with van der Waals surface area (Å²) >= 11 is 0. The lowest BCUT2D eigenvalue weighted by atomic mass is 10.0. The highest BCUT2D eigenvalue weighted by molar-refractivity contribution is 7.91. The number of hydrogen-bond acceptors (Lipinski definition) is 22. The van der Waals surface area contributed by atoms with Gasteiger partial charge in [0.15, 0.2) is 25.4 Å². The highest BCUT2D eigenvalue weighted by atomic mass is 32.3. The number of azo groups is 2. The maximum absolute atomic E-state index is 13.1. The molecule has 0 spiro atoms. The van der Waals surface area contributed by atoms with Crippen LogP contribution in [0.5, 0.6) is 5.75 Å². The van der Waals surface area contributed by atoms with Gasteiger partial charge >= 0.3 is 20.8 Å². The minimum Gasteiger partial charge on any atom is -0.505 e. The summed E-state index contributed by atoms with van der Waals surface area (Å²) in [5, 5.41) is 26.6. The number of rotatable bonds is 20. The monoisotopic (exact) mass is 959 g/mol. The summed E-state index contributed by atoms with van der Waals surface area (Å²) in [7, 11) is -25.1. The first-order chi connectivity index (χ1) is 27.7. The molecule has 0 amide bonds. The first kappa shape index (κ1) is 48.1. The number of benzene rings is 4. The second-order valence-corrected chi connectivity index (χ2v) is 21.7. The zero-order valence-electron chi connectivity index (χ0n) is 30.7. The topological polar surface area (TPSA) is 378 Å². The van der Waals surface area contributed by atoms with Gasteiger partial charge in [0.05, 0.1) is 71.2 Å². The maximum atomic E-state index is 13.1. The Morgan fingerprint density at radius 1 is 0.633 bits per heavy atom. The molecule has 30 heteroatoms. The second-order valence-electron chi connectivity index (χ2n) is 11.8. The molecule has 4 aromatic carbocycles. The molecule has 0 aromatic heterocycles. The molecule has 0 saturated heterocycles. The molecule has 5 N–H and O–H groups in total. The number of anilines is 1. The summed E-state index contributed by atoms with van der Waals surface area (Å²) in [6.45, 7) is -1.37. The molecule has 0 unspecified atom stereocenters. The SMILES string of the molecule is COS(=O)(=O)OCCS(=O)(=O)c1ccc(N=Nc2c(S(=O)(=O)OC)cc3cc(CS(=O)(=O)O)c(N=Nc4ccc(S(=O)(=O)CCCOS(=O)(=O)O)cc4)c(O)c3c2N)cc1. The zero-order valence-corrected chi connectivity index (χ0v) is 35.6. The van der Waals surface area contributed by atoms with Gasteiger partial charge in [-0.25, -0.2) is 25.2 Å². The van der Waals surface area contributed by atoms with Crippen LogP contribution in [0.2, 0.25) is 0 Å². The fourth-order valence-electron chi connectivity index (χ4n) is 4.99. The normalized spacial score (nSPS) is 13.5. The molecule has 0 saturated carbocycles. The maximum Gasteiger partial charge on any atom is 0.399 e. The van der Waals surface area contributed by atoms with Gasteiger partial charge < -0.3 is 10.8 Å². The average molecular weight is 960 g/mol. The Morgan fingerprint density at radius 3 is 1.63 bits per heavy atom. The van der Waals surface area contributed by atoms with E-state index in [-0.39, 0.29) is 38.4 Å². The molecule has 4 rings (SSSR count). The molecule has 4 aromatic rings. The van der Waals surface area contributed by atoms with Crippen LogP contribution >= 0.6 is 0 Å². The van der Waals surface area contributed by atoms with Crippen LogP contribution in [0.1, 0.15) is 12.0 Å². The third-order valence-corrected chi connectivity index (χ3v) is 14.6. The number of phenols is 1. The molecule has 0 bridgehead atoms. The third-order valence-electron chi connectivity index (χ3n) is 7.75. The predicted octanol–water partition coefficient (Wildman–Crippen LogP) is 3.35. The van der Waals surface area contributed by atoms with Gasteiger partial charge in [-0.1, -0.05) is 0 Å². The molecule has 0 radical (unpaired) electrons. The lowest BCUT2D eigenvalue weighted by Crippen LogP contribution is -2.16. The number of nitrogens with zero attached hydrogens (tertiary/aromatic N) is 4. The van der Waals surface area contributed by atoms with E-state index in [9.17, 15) is 60.2 Å². The van der Waals surface area contributed by atoms with Crippen LogP contribution in [0, 0.1) is 0 Å². The van der Waals surface area contributed by atoms with Gasteiger partial charge in [-0.3, -0.25) is 17.5 Å². The van der Waals surface area contributed by atoms with Crippen molar-refractivity contribution >= 4 is 99.9 Å². The molecule has 60 heavy (non-hydrogen) atoms. The Kier molecular flexibility index (Phi) is 14.9. The van der Waals surface area contributed by atoms with Crippen molar-refractivity contribution in [1.29, 1.82) is 0 Å². The number of fused-ring (bicyclic) bond motifs is 1. The van der Waals surface area contributed by atoms with Crippen molar-refractivity contribution in [3.8, 4) is 5.75 Å². The number of sulfone groups is 2. The third kappa shape index (κ3) is 12.7. The Hall–Kier alpha value is -4.60. The molecule has 328 valence electrons. The van der Waals surface area contributed by atoms with E-state index < -0.39 is 124 Å². The summed E-state index contributed by atoms with van der Waals surface area (Å²) in [6, 6.07) is 11.0. The number of nitrogen functional groups attached to an aromatic ring is 1. The number of nitrogens with two attached hydrogens (primary N) is 1. The number of hydrogen-bond donors (Lipinski definition) is 4. The van der Waals surface area contributed by atoms with Crippen molar-refractivity contribution in [2.24, 2.45) is 20.5 Å². The van der Waals surface area contributed by atoms with Crippen LogP contribution < -0.4 is 5.73 Å². The van der Waals surface area contributed by atoms with E-state index in [0.29, 0.717) is 0 Å². The van der Waals surface area contributed by atoms with E-state index in [2.05, 4.69) is 37.2 Å². The Bertz CT molecular complexity index is 3010. The highest BCUT2D eigenvalue weighted by Gasteiger charge is 2.27. The summed E-state index contributed by atoms with van der Waals surface area (Å²) in [4.78, 5) is -1.23. The Labute approximate surface area is 343 Å². The predicted molar refractivity (Wildman–Crippen MR) is 209 cm³/mol.